The van der Waals surface area contributed by atoms with Crippen molar-refractivity contribution < 1.29 is 0 Å². The SMILES string of the molecule is CNC(c1ccc(C)nc1)c1cccc2ccccc12. The summed E-state index contributed by atoms with van der Waals surface area (Å²) in [6.07, 6.45) is 1.96. The number of nitrogens with zero attached hydrogens (tertiary/aromatic N) is 1. The standard InChI is InChI=1S/C18H18N2/c1-13-10-11-15(12-20-13)18(19-2)17-9-5-7-14-6-3-4-8-16(14)17/h3-12,18-19H,1-2H3. The van der Waals surface area contributed by atoms with Crippen LogP contribution in [0.5, 0.6) is 0 Å². The molecule has 0 aliphatic carbocycles. The molecule has 0 radical (unpaired) electrons. The molecular weight excluding hydrogens is 244 g/mol. The quantitative estimate of drug-likeness (QED) is 0.775. The Labute approximate surface area is 119 Å². The molecule has 2 heteroatoms. The first kappa shape index (κ1) is 12.8. The second-order valence-electron chi connectivity index (χ2n) is 5.02. The maximum absolute atomic E-state index is 4.41. The van der Waals surface area contributed by atoms with E-state index in [4.69, 9.17) is 0 Å². The van der Waals surface area contributed by atoms with Crippen molar-refractivity contribution in [2.75, 3.05) is 7.05 Å². The lowest BCUT2D eigenvalue weighted by molar-refractivity contribution is 0.693. The third kappa shape index (κ3) is 2.30. The summed E-state index contributed by atoms with van der Waals surface area (Å²) in [5, 5.41) is 5.96. The van der Waals surface area contributed by atoms with Gasteiger partial charge < -0.3 is 5.32 Å². The molecule has 1 aromatic heterocycles. The maximum Gasteiger partial charge on any atom is 0.0595 e. The molecule has 1 atom stereocenters. The molecule has 1 N–H and O–H groups in total. The van der Waals surface area contributed by atoms with Crippen molar-refractivity contribution in [3.05, 3.63) is 77.6 Å². The minimum Gasteiger partial charge on any atom is -0.309 e. The largest absolute Gasteiger partial charge is 0.309 e. The van der Waals surface area contributed by atoms with Crippen LogP contribution in [-0.2, 0) is 0 Å². The van der Waals surface area contributed by atoms with Crippen molar-refractivity contribution in [2.45, 2.75) is 13.0 Å². The zero-order chi connectivity index (χ0) is 13.9. The van der Waals surface area contributed by atoms with E-state index in [2.05, 4.69) is 64.9 Å². The van der Waals surface area contributed by atoms with Crippen LogP contribution < -0.4 is 5.32 Å². The Morgan fingerprint density at radius 3 is 2.50 bits per heavy atom. The molecule has 3 rings (SSSR count). The lowest BCUT2D eigenvalue weighted by atomic mass is 9.94. The Hall–Kier alpha value is -2.19. The monoisotopic (exact) mass is 262 g/mol. The zero-order valence-electron chi connectivity index (χ0n) is 11.8. The third-order valence-corrected chi connectivity index (χ3v) is 3.69. The second-order valence-corrected chi connectivity index (χ2v) is 5.02. The van der Waals surface area contributed by atoms with E-state index in [9.17, 15) is 0 Å². The number of fused-ring (bicyclic) bond motifs is 1. The molecule has 0 aliphatic heterocycles. The fourth-order valence-electron chi connectivity index (χ4n) is 2.65. The highest BCUT2D eigenvalue weighted by atomic mass is 14.9. The normalized spacial score (nSPS) is 12.5. The van der Waals surface area contributed by atoms with Crippen LogP contribution in [0.15, 0.2) is 60.8 Å². The van der Waals surface area contributed by atoms with E-state index in [1.165, 1.54) is 21.9 Å². The Kier molecular flexibility index (Phi) is 3.48. The van der Waals surface area contributed by atoms with Crippen LogP contribution in [0.2, 0.25) is 0 Å². The van der Waals surface area contributed by atoms with Crippen LogP contribution in [0, 0.1) is 6.92 Å². The van der Waals surface area contributed by atoms with Crippen molar-refractivity contribution in [1.29, 1.82) is 0 Å². The van der Waals surface area contributed by atoms with Gasteiger partial charge in [0.15, 0.2) is 0 Å². The van der Waals surface area contributed by atoms with Crippen molar-refractivity contribution in [2.24, 2.45) is 0 Å². The minimum atomic E-state index is 0.161. The lowest BCUT2D eigenvalue weighted by Crippen LogP contribution is -2.18. The van der Waals surface area contributed by atoms with Gasteiger partial charge in [-0.2, -0.15) is 0 Å². The van der Waals surface area contributed by atoms with Crippen molar-refractivity contribution in [1.82, 2.24) is 10.3 Å². The molecule has 0 saturated heterocycles. The Bertz CT molecular complexity index is 712. The van der Waals surface area contributed by atoms with Gasteiger partial charge in [0.1, 0.15) is 0 Å². The van der Waals surface area contributed by atoms with Gasteiger partial charge in [-0.25, -0.2) is 0 Å². The molecule has 2 aromatic carbocycles. The van der Waals surface area contributed by atoms with Gasteiger partial charge in [0, 0.05) is 11.9 Å². The van der Waals surface area contributed by atoms with Gasteiger partial charge in [0.25, 0.3) is 0 Å². The molecule has 0 fully saturated rings. The van der Waals surface area contributed by atoms with E-state index in [0.29, 0.717) is 0 Å². The van der Waals surface area contributed by atoms with Crippen LogP contribution in [0.25, 0.3) is 10.8 Å². The molecule has 100 valence electrons. The van der Waals surface area contributed by atoms with Gasteiger partial charge in [0.2, 0.25) is 0 Å². The number of hydrogen-bond donors (Lipinski definition) is 1. The van der Waals surface area contributed by atoms with E-state index < -0.39 is 0 Å². The number of aryl methyl sites for hydroxylation is 1. The minimum absolute atomic E-state index is 0.161. The van der Waals surface area contributed by atoms with Crippen molar-refractivity contribution in [3.8, 4) is 0 Å². The van der Waals surface area contributed by atoms with Crippen LogP contribution in [0.4, 0.5) is 0 Å². The molecule has 0 spiro atoms. The summed E-state index contributed by atoms with van der Waals surface area (Å²) in [6.45, 7) is 2.01. The smallest absolute Gasteiger partial charge is 0.0595 e. The van der Waals surface area contributed by atoms with Gasteiger partial charge >= 0.3 is 0 Å². The maximum atomic E-state index is 4.41. The van der Waals surface area contributed by atoms with Gasteiger partial charge in [-0.1, -0.05) is 48.5 Å². The van der Waals surface area contributed by atoms with Crippen LogP contribution >= 0.6 is 0 Å². The Balaban J connectivity index is 2.14. The first-order valence-electron chi connectivity index (χ1n) is 6.87. The molecular formula is C18H18N2. The highest BCUT2D eigenvalue weighted by Gasteiger charge is 2.14. The molecule has 3 aromatic rings. The third-order valence-electron chi connectivity index (χ3n) is 3.69. The fourth-order valence-corrected chi connectivity index (χ4v) is 2.65. The van der Waals surface area contributed by atoms with E-state index in [1.807, 2.05) is 20.2 Å². The van der Waals surface area contributed by atoms with Gasteiger partial charge in [0.05, 0.1) is 6.04 Å². The predicted octanol–water partition coefficient (Wildman–Crippen LogP) is 3.85. The molecule has 1 heterocycles. The molecule has 0 amide bonds. The topological polar surface area (TPSA) is 24.9 Å². The Morgan fingerprint density at radius 2 is 1.75 bits per heavy atom. The van der Waals surface area contributed by atoms with E-state index in [-0.39, 0.29) is 6.04 Å². The molecule has 0 bridgehead atoms. The summed E-state index contributed by atoms with van der Waals surface area (Å²) in [5.41, 5.74) is 3.52. The summed E-state index contributed by atoms with van der Waals surface area (Å²) in [5.74, 6) is 0. The molecule has 20 heavy (non-hydrogen) atoms. The Morgan fingerprint density at radius 1 is 0.950 bits per heavy atom. The first-order chi connectivity index (χ1) is 9.79. The molecule has 1 unspecified atom stereocenters. The highest BCUT2D eigenvalue weighted by molar-refractivity contribution is 5.86. The summed E-state index contributed by atoms with van der Waals surface area (Å²) in [6, 6.07) is 19.3. The average molecular weight is 262 g/mol. The van der Waals surface area contributed by atoms with E-state index >= 15 is 0 Å². The van der Waals surface area contributed by atoms with Crippen LogP contribution in [-0.4, -0.2) is 12.0 Å². The number of benzene rings is 2. The molecule has 0 aliphatic rings. The van der Waals surface area contributed by atoms with E-state index in [1.54, 1.807) is 0 Å². The average Bonchev–Trinajstić information content (AvgIpc) is 2.50. The summed E-state index contributed by atoms with van der Waals surface area (Å²) >= 11 is 0. The van der Waals surface area contributed by atoms with Gasteiger partial charge in [-0.3, -0.25) is 4.98 Å². The lowest BCUT2D eigenvalue weighted by Gasteiger charge is -2.19. The predicted molar refractivity (Wildman–Crippen MR) is 83.8 cm³/mol. The second kappa shape index (κ2) is 5.43. The summed E-state index contributed by atoms with van der Waals surface area (Å²) in [7, 11) is 1.99. The zero-order valence-corrected chi connectivity index (χ0v) is 11.8. The number of aromatic nitrogens is 1. The first-order valence-corrected chi connectivity index (χ1v) is 6.87. The van der Waals surface area contributed by atoms with Crippen LogP contribution in [0.3, 0.4) is 0 Å². The van der Waals surface area contributed by atoms with Gasteiger partial charge in [-0.05, 0) is 41.9 Å². The van der Waals surface area contributed by atoms with Crippen LogP contribution in [0.1, 0.15) is 22.9 Å². The summed E-state index contributed by atoms with van der Waals surface area (Å²) < 4.78 is 0. The fraction of sp³-hybridized carbons (Fsp3) is 0.167. The summed E-state index contributed by atoms with van der Waals surface area (Å²) in [4.78, 5) is 4.41. The van der Waals surface area contributed by atoms with Crippen molar-refractivity contribution >= 4 is 10.8 Å². The number of pyridine rings is 1. The molecule has 2 nitrogen and oxygen atoms in total. The van der Waals surface area contributed by atoms with E-state index in [0.717, 1.165) is 5.69 Å². The molecule has 0 saturated carbocycles. The number of hydrogen-bond acceptors (Lipinski definition) is 2. The highest BCUT2D eigenvalue weighted by Crippen LogP contribution is 2.28. The number of nitrogens with one attached hydrogen (secondary N) is 1. The van der Waals surface area contributed by atoms with Crippen molar-refractivity contribution in [3.63, 3.8) is 0 Å². The van der Waals surface area contributed by atoms with Gasteiger partial charge in [-0.15, -0.1) is 0 Å². The number of rotatable bonds is 3.